The van der Waals surface area contributed by atoms with E-state index in [0.29, 0.717) is 5.92 Å². The zero-order valence-electron chi connectivity index (χ0n) is 8.95. The van der Waals surface area contributed by atoms with Gasteiger partial charge in [0.2, 0.25) is 0 Å². The van der Waals surface area contributed by atoms with Crippen molar-refractivity contribution in [3.8, 4) is 6.07 Å². The third kappa shape index (κ3) is 2.70. The summed E-state index contributed by atoms with van der Waals surface area (Å²) in [6.45, 7) is 2.31. The molecule has 1 aliphatic carbocycles. The van der Waals surface area contributed by atoms with Gasteiger partial charge in [-0.15, -0.1) is 0 Å². The molecule has 0 heterocycles. The highest BCUT2D eigenvalue weighted by Gasteiger charge is 2.27. The van der Waals surface area contributed by atoms with Crippen molar-refractivity contribution in [3.05, 3.63) is 0 Å². The molecule has 0 amide bonds. The maximum absolute atomic E-state index is 9.02. The fourth-order valence-electron chi connectivity index (χ4n) is 2.24. The van der Waals surface area contributed by atoms with E-state index >= 15 is 0 Å². The Balaban J connectivity index is 2.47. The quantitative estimate of drug-likeness (QED) is 0.652. The van der Waals surface area contributed by atoms with Crippen molar-refractivity contribution in [2.75, 3.05) is 14.1 Å². The lowest BCUT2D eigenvalue weighted by Gasteiger charge is -2.32. The minimum atomic E-state index is 0.132. The molecular weight excluding hydrogens is 160 g/mol. The van der Waals surface area contributed by atoms with Gasteiger partial charge in [0.25, 0.3) is 0 Å². The zero-order valence-corrected chi connectivity index (χ0v) is 8.95. The third-order valence-electron chi connectivity index (χ3n) is 3.20. The molecule has 2 heteroatoms. The summed E-state index contributed by atoms with van der Waals surface area (Å²) in [6, 6.07) is 2.54. The van der Waals surface area contributed by atoms with E-state index in [4.69, 9.17) is 5.26 Å². The van der Waals surface area contributed by atoms with Gasteiger partial charge in [0, 0.05) is 0 Å². The van der Waals surface area contributed by atoms with Crippen LogP contribution in [0.2, 0.25) is 0 Å². The highest BCUT2D eigenvalue weighted by Crippen LogP contribution is 2.31. The summed E-state index contributed by atoms with van der Waals surface area (Å²) in [5.41, 5.74) is 0. The van der Waals surface area contributed by atoms with Crippen LogP contribution in [0.25, 0.3) is 0 Å². The summed E-state index contributed by atoms with van der Waals surface area (Å²) in [5.74, 6) is 1.48. The van der Waals surface area contributed by atoms with E-state index in [0.717, 1.165) is 5.92 Å². The van der Waals surface area contributed by atoms with E-state index in [9.17, 15) is 0 Å². The minimum absolute atomic E-state index is 0.132. The Morgan fingerprint density at radius 1 is 1.23 bits per heavy atom. The van der Waals surface area contributed by atoms with E-state index < -0.39 is 0 Å². The monoisotopic (exact) mass is 180 g/mol. The lowest BCUT2D eigenvalue weighted by atomic mass is 9.79. The van der Waals surface area contributed by atoms with Gasteiger partial charge in [0.1, 0.15) is 6.04 Å². The van der Waals surface area contributed by atoms with Gasteiger partial charge in [-0.2, -0.15) is 5.26 Å². The van der Waals surface area contributed by atoms with Gasteiger partial charge in [-0.3, -0.25) is 4.90 Å². The second kappa shape index (κ2) is 4.62. The molecule has 0 aromatic carbocycles. The maximum Gasteiger partial charge on any atom is 0.100 e. The van der Waals surface area contributed by atoms with E-state index in [1.54, 1.807) is 0 Å². The number of hydrogen-bond donors (Lipinski definition) is 0. The van der Waals surface area contributed by atoms with Crippen molar-refractivity contribution in [3.63, 3.8) is 0 Å². The predicted molar refractivity (Wildman–Crippen MR) is 54.2 cm³/mol. The first kappa shape index (κ1) is 10.5. The molecule has 1 unspecified atom stereocenters. The molecule has 0 aromatic heterocycles. The Bertz CT molecular complexity index is 185. The number of nitrogens with zero attached hydrogens (tertiary/aromatic N) is 2. The van der Waals surface area contributed by atoms with Crippen molar-refractivity contribution in [1.82, 2.24) is 4.90 Å². The van der Waals surface area contributed by atoms with Crippen molar-refractivity contribution in [2.24, 2.45) is 11.8 Å². The normalized spacial score (nSPS) is 31.3. The Morgan fingerprint density at radius 3 is 2.15 bits per heavy atom. The molecule has 1 aliphatic rings. The first-order chi connectivity index (χ1) is 6.15. The number of nitriles is 1. The van der Waals surface area contributed by atoms with Crippen LogP contribution in [-0.2, 0) is 0 Å². The first-order valence-electron chi connectivity index (χ1n) is 5.21. The van der Waals surface area contributed by atoms with Crippen LogP contribution in [0.5, 0.6) is 0 Å². The number of rotatable bonds is 2. The lowest BCUT2D eigenvalue weighted by molar-refractivity contribution is 0.189. The molecule has 0 aliphatic heterocycles. The summed E-state index contributed by atoms with van der Waals surface area (Å²) < 4.78 is 0. The molecule has 74 valence electrons. The van der Waals surface area contributed by atoms with Crippen LogP contribution in [-0.4, -0.2) is 25.0 Å². The van der Waals surface area contributed by atoms with Crippen LogP contribution in [0.4, 0.5) is 0 Å². The summed E-state index contributed by atoms with van der Waals surface area (Å²) in [7, 11) is 4.01. The standard InChI is InChI=1S/C11H20N2/c1-9-4-6-10(7-5-9)11(8-12)13(2)3/h9-11H,4-7H2,1-3H3. The Morgan fingerprint density at radius 2 is 1.77 bits per heavy atom. The Labute approximate surface area is 81.5 Å². The van der Waals surface area contributed by atoms with Gasteiger partial charge in [-0.05, 0) is 38.8 Å². The van der Waals surface area contributed by atoms with Crippen LogP contribution in [0.15, 0.2) is 0 Å². The van der Waals surface area contributed by atoms with Gasteiger partial charge < -0.3 is 0 Å². The molecule has 1 atom stereocenters. The molecular formula is C11H20N2. The second-order valence-corrected chi connectivity index (χ2v) is 4.56. The maximum atomic E-state index is 9.02. The van der Waals surface area contributed by atoms with Gasteiger partial charge in [0.15, 0.2) is 0 Å². The van der Waals surface area contributed by atoms with Gasteiger partial charge in [0.05, 0.1) is 6.07 Å². The van der Waals surface area contributed by atoms with Gasteiger partial charge in [-0.1, -0.05) is 19.8 Å². The average Bonchev–Trinajstić information content (AvgIpc) is 2.09. The van der Waals surface area contributed by atoms with E-state index in [2.05, 4.69) is 17.9 Å². The van der Waals surface area contributed by atoms with Crippen molar-refractivity contribution in [2.45, 2.75) is 38.6 Å². The Kier molecular flexibility index (Phi) is 3.74. The lowest BCUT2D eigenvalue weighted by Crippen LogP contribution is -2.35. The highest BCUT2D eigenvalue weighted by molar-refractivity contribution is 4.95. The van der Waals surface area contributed by atoms with Crippen molar-refractivity contribution < 1.29 is 0 Å². The van der Waals surface area contributed by atoms with Crippen LogP contribution in [0.3, 0.4) is 0 Å². The smallest absolute Gasteiger partial charge is 0.100 e. The largest absolute Gasteiger partial charge is 0.294 e. The molecule has 0 N–H and O–H groups in total. The summed E-state index contributed by atoms with van der Waals surface area (Å²) in [5, 5.41) is 9.02. The van der Waals surface area contributed by atoms with Gasteiger partial charge >= 0.3 is 0 Å². The first-order valence-corrected chi connectivity index (χ1v) is 5.21. The zero-order chi connectivity index (χ0) is 9.84. The predicted octanol–water partition coefficient (Wildman–Crippen LogP) is 2.27. The fourth-order valence-corrected chi connectivity index (χ4v) is 2.24. The third-order valence-corrected chi connectivity index (χ3v) is 3.20. The topological polar surface area (TPSA) is 27.0 Å². The van der Waals surface area contributed by atoms with Crippen LogP contribution in [0, 0.1) is 23.2 Å². The van der Waals surface area contributed by atoms with Crippen LogP contribution >= 0.6 is 0 Å². The molecule has 1 rings (SSSR count). The van der Waals surface area contributed by atoms with E-state index in [-0.39, 0.29) is 6.04 Å². The van der Waals surface area contributed by atoms with E-state index in [1.165, 1.54) is 25.7 Å². The fraction of sp³-hybridized carbons (Fsp3) is 0.909. The molecule has 0 saturated heterocycles. The second-order valence-electron chi connectivity index (χ2n) is 4.56. The minimum Gasteiger partial charge on any atom is -0.294 e. The van der Waals surface area contributed by atoms with Crippen molar-refractivity contribution >= 4 is 0 Å². The molecule has 1 saturated carbocycles. The SMILES string of the molecule is CC1CCC(C(C#N)N(C)C)CC1. The summed E-state index contributed by atoms with van der Waals surface area (Å²) in [4.78, 5) is 2.06. The molecule has 0 aromatic rings. The van der Waals surface area contributed by atoms with Gasteiger partial charge in [-0.25, -0.2) is 0 Å². The highest BCUT2D eigenvalue weighted by atomic mass is 15.1. The van der Waals surface area contributed by atoms with Crippen molar-refractivity contribution in [1.29, 1.82) is 5.26 Å². The summed E-state index contributed by atoms with van der Waals surface area (Å²) in [6.07, 6.45) is 5.07. The molecule has 0 bridgehead atoms. The summed E-state index contributed by atoms with van der Waals surface area (Å²) >= 11 is 0. The molecule has 0 spiro atoms. The van der Waals surface area contributed by atoms with Crippen LogP contribution in [0.1, 0.15) is 32.6 Å². The molecule has 13 heavy (non-hydrogen) atoms. The van der Waals surface area contributed by atoms with E-state index in [1.807, 2.05) is 14.1 Å². The molecule has 0 radical (unpaired) electrons. The van der Waals surface area contributed by atoms with Crippen LogP contribution < -0.4 is 0 Å². The molecule has 2 nitrogen and oxygen atoms in total. The average molecular weight is 180 g/mol. The Hall–Kier alpha value is -0.550. The molecule has 1 fully saturated rings. The number of hydrogen-bond acceptors (Lipinski definition) is 2.